The first-order valence-electron chi connectivity index (χ1n) is 14.5. The van der Waals surface area contributed by atoms with Crippen LogP contribution in [-0.2, 0) is 14.3 Å². The Kier molecular flexibility index (Phi) is 6.16. The van der Waals surface area contributed by atoms with Gasteiger partial charge in [0.1, 0.15) is 11.7 Å². The van der Waals surface area contributed by atoms with Gasteiger partial charge in [0.05, 0.1) is 18.1 Å². The Morgan fingerprint density at radius 3 is 2.47 bits per heavy atom. The largest absolute Gasteiger partial charge is 0.462 e. The van der Waals surface area contributed by atoms with Gasteiger partial charge < -0.3 is 9.47 Å². The van der Waals surface area contributed by atoms with E-state index in [0.717, 1.165) is 44.2 Å². The minimum absolute atomic E-state index is 0.00584. The van der Waals surface area contributed by atoms with E-state index in [-0.39, 0.29) is 47.1 Å². The molecule has 7 rings (SSSR count). The van der Waals surface area contributed by atoms with E-state index in [1.54, 1.807) is 0 Å². The van der Waals surface area contributed by atoms with Crippen molar-refractivity contribution in [2.45, 2.75) is 63.4 Å². The van der Waals surface area contributed by atoms with Gasteiger partial charge in [-0.1, -0.05) is 74.3 Å². The molecule has 38 heavy (non-hydrogen) atoms. The van der Waals surface area contributed by atoms with E-state index in [2.05, 4.69) is 66.1 Å². The predicted molar refractivity (Wildman–Crippen MR) is 148 cm³/mol. The quantitative estimate of drug-likeness (QED) is 0.370. The van der Waals surface area contributed by atoms with Gasteiger partial charge in [-0.2, -0.15) is 0 Å². The summed E-state index contributed by atoms with van der Waals surface area (Å²) < 4.78 is 12.7. The highest BCUT2D eigenvalue weighted by atomic mass is 35.5. The molecule has 5 nitrogen and oxygen atoms in total. The molecule has 5 fully saturated rings. The Hall–Kier alpha value is -1.92. The maximum absolute atomic E-state index is 13.2. The summed E-state index contributed by atoms with van der Waals surface area (Å²) in [5, 5.41) is 0.763. The highest BCUT2D eigenvalue weighted by Crippen LogP contribution is 2.70. The maximum Gasteiger partial charge on any atom is 0.311 e. The fourth-order valence-electron chi connectivity index (χ4n) is 8.82. The predicted octanol–water partition coefficient (Wildman–Crippen LogP) is 5.57. The summed E-state index contributed by atoms with van der Waals surface area (Å²) in [5.74, 6) is 0.706. The van der Waals surface area contributed by atoms with Gasteiger partial charge in [-0.15, -0.1) is 0 Å². The highest BCUT2D eigenvalue weighted by Gasteiger charge is 2.78. The molecular formula is C32H39ClN2O3. The van der Waals surface area contributed by atoms with Crippen LogP contribution < -0.4 is 0 Å². The summed E-state index contributed by atoms with van der Waals surface area (Å²) in [6.45, 7) is 9.35. The molecular weight excluding hydrogens is 496 g/mol. The molecule has 0 amide bonds. The molecule has 3 aliphatic heterocycles. The van der Waals surface area contributed by atoms with Crippen LogP contribution in [0.5, 0.6) is 0 Å². The van der Waals surface area contributed by atoms with Gasteiger partial charge in [0.25, 0.3) is 0 Å². The maximum atomic E-state index is 13.2. The average molecular weight is 535 g/mol. The smallest absolute Gasteiger partial charge is 0.311 e. The van der Waals surface area contributed by atoms with Gasteiger partial charge in [-0.3, -0.25) is 14.6 Å². The molecule has 2 aliphatic carbocycles. The Balaban J connectivity index is 1.05. The lowest BCUT2D eigenvalue weighted by molar-refractivity contribution is -0.146. The Morgan fingerprint density at radius 1 is 1.03 bits per heavy atom. The van der Waals surface area contributed by atoms with Crippen molar-refractivity contribution in [3.8, 4) is 0 Å². The monoisotopic (exact) mass is 534 g/mol. The number of hydrogen-bond acceptors (Lipinski definition) is 5. The van der Waals surface area contributed by atoms with Crippen molar-refractivity contribution in [1.29, 1.82) is 0 Å². The topological polar surface area (TPSA) is 45.3 Å². The van der Waals surface area contributed by atoms with E-state index in [1.165, 1.54) is 30.4 Å². The Bertz CT molecular complexity index is 1180. The summed E-state index contributed by atoms with van der Waals surface area (Å²) in [5.41, 5.74) is 2.68. The molecule has 0 radical (unpaired) electrons. The van der Waals surface area contributed by atoms with Crippen molar-refractivity contribution >= 4 is 17.6 Å². The second-order valence-electron chi connectivity index (χ2n) is 12.8. The van der Waals surface area contributed by atoms with Crippen molar-refractivity contribution in [3.05, 3.63) is 70.7 Å². The summed E-state index contributed by atoms with van der Waals surface area (Å²) in [7, 11) is 0. The summed E-state index contributed by atoms with van der Waals surface area (Å²) >= 11 is 6.21. The number of hydrogen-bond donors (Lipinski definition) is 0. The number of halogens is 1. The van der Waals surface area contributed by atoms with Crippen molar-refractivity contribution in [2.24, 2.45) is 23.2 Å². The van der Waals surface area contributed by atoms with E-state index in [4.69, 9.17) is 21.1 Å². The SMILES string of the molecule is C[C@@H]1CCC[C@@]2(C)C[C@H]3OC(=O)[C@H](CN4CCN([C@H](c5ccccc5)c5ccc(Cl)cc5)CC4)[C@@H]3[C@@H]3O[C@]132. The number of epoxide rings is 1. The molecule has 5 aliphatic rings. The number of nitrogens with zero attached hydrogens (tertiary/aromatic N) is 2. The third-order valence-electron chi connectivity index (χ3n) is 10.7. The lowest BCUT2D eigenvalue weighted by Gasteiger charge is -2.49. The van der Waals surface area contributed by atoms with Gasteiger partial charge in [0.15, 0.2) is 0 Å². The number of ether oxygens (including phenoxy) is 2. The van der Waals surface area contributed by atoms with E-state index >= 15 is 0 Å². The second kappa shape index (κ2) is 9.33. The van der Waals surface area contributed by atoms with E-state index in [0.29, 0.717) is 5.92 Å². The third-order valence-corrected chi connectivity index (χ3v) is 11.0. The van der Waals surface area contributed by atoms with Gasteiger partial charge in [0, 0.05) is 49.1 Å². The lowest BCUT2D eigenvalue weighted by Crippen LogP contribution is -2.55. The Labute approximate surface area is 231 Å². The van der Waals surface area contributed by atoms with Crippen LogP contribution in [-0.4, -0.2) is 66.3 Å². The van der Waals surface area contributed by atoms with Crippen molar-refractivity contribution in [1.82, 2.24) is 9.80 Å². The number of fused-ring (bicyclic) bond motifs is 2. The molecule has 6 heteroatoms. The molecule has 202 valence electrons. The zero-order valence-corrected chi connectivity index (χ0v) is 23.3. The van der Waals surface area contributed by atoms with Gasteiger partial charge >= 0.3 is 5.97 Å². The van der Waals surface area contributed by atoms with E-state index < -0.39 is 0 Å². The van der Waals surface area contributed by atoms with E-state index in [9.17, 15) is 4.79 Å². The molecule has 0 aromatic heterocycles. The first kappa shape index (κ1) is 25.1. The van der Waals surface area contributed by atoms with Gasteiger partial charge in [-0.05, 0) is 48.4 Å². The summed E-state index contributed by atoms with van der Waals surface area (Å²) in [4.78, 5) is 18.3. The summed E-state index contributed by atoms with van der Waals surface area (Å²) in [6.07, 6.45) is 4.87. The van der Waals surface area contributed by atoms with Crippen LogP contribution in [0.3, 0.4) is 0 Å². The molecule has 2 aromatic rings. The molecule has 0 unspecified atom stereocenters. The normalized spacial score (nSPS) is 39.6. The van der Waals surface area contributed by atoms with Crippen LogP contribution >= 0.6 is 11.6 Å². The second-order valence-corrected chi connectivity index (χ2v) is 13.2. The van der Waals surface area contributed by atoms with Crippen molar-refractivity contribution < 1.29 is 14.3 Å². The number of rotatable bonds is 5. The van der Waals surface area contributed by atoms with Crippen LogP contribution in [0.2, 0.25) is 5.02 Å². The van der Waals surface area contributed by atoms with Crippen molar-refractivity contribution in [2.75, 3.05) is 32.7 Å². The molecule has 3 saturated heterocycles. The molecule has 0 N–H and O–H groups in total. The summed E-state index contributed by atoms with van der Waals surface area (Å²) in [6, 6.07) is 19.2. The number of esters is 1. The lowest BCUT2D eigenvalue weighted by atomic mass is 9.53. The van der Waals surface area contributed by atoms with Crippen LogP contribution in [0.15, 0.2) is 54.6 Å². The first-order chi connectivity index (χ1) is 18.4. The fraction of sp³-hybridized carbons (Fsp3) is 0.594. The van der Waals surface area contributed by atoms with Crippen LogP contribution in [0.1, 0.15) is 56.7 Å². The van der Waals surface area contributed by atoms with Gasteiger partial charge in [0.2, 0.25) is 0 Å². The van der Waals surface area contributed by atoms with Gasteiger partial charge in [-0.25, -0.2) is 0 Å². The zero-order chi connectivity index (χ0) is 26.1. The number of benzene rings is 2. The van der Waals surface area contributed by atoms with Crippen LogP contribution in [0.25, 0.3) is 0 Å². The molecule has 2 saturated carbocycles. The fourth-order valence-corrected chi connectivity index (χ4v) is 8.95. The number of piperazine rings is 1. The van der Waals surface area contributed by atoms with Crippen molar-refractivity contribution in [3.63, 3.8) is 0 Å². The molecule has 1 spiro atoms. The van der Waals surface area contributed by atoms with Crippen LogP contribution in [0.4, 0.5) is 0 Å². The minimum atomic E-state index is -0.0733. The molecule has 8 atom stereocenters. The number of carbonyl (C=O) groups is 1. The standard InChI is InChI=1S/C32H39ClN2O3/c1-21-7-6-14-31(2)19-26-27(29-32(21,31)38-29)25(30(36)37-26)20-34-15-17-35(18-16-34)28(22-8-4-3-5-9-22)23-10-12-24(33)13-11-23/h3-5,8-13,21,25-29H,6-7,14-20H2,1-2H3/t21-,25-,26-,27+,28-,29+,31+,32-/m1/s1. The zero-order valence-electron chi connectivity index (χ0n) is 22.5. The number of carbonyl (C=O) groups excluding carboxylic acids is 1. The van der Waals surface area contributed by atoms with E-state index in [1.807, 2.05) is 12.1 Å². The average Bonchev–Trinajstić information content (AvgIpc) is 3.61. The highest BCUT2D eigenvalue weighted by molar-refractivity contribution is 6.30. The minimum Gasteiger partial charge on any atom is -0.462 e. The molecule has 3 heterocycles. The first-order valence-corrected chi connectivity index (χ1v) is 14.9. The van der Waals surface area contributed by atoms with Crippen LogP contribution in [0, 0.1) is 23.2 Å². The third kappa shape index (κ3) is 3.88. The Morgan fingerprint density at radius 2 is 1.74 bits per heavy atom. The molecule has 2 aromatic carbocycles. The molecule has 0 bridgehead atoms.